The van der Waals surface area contributed by atoms with E-state index in [1.807, 2.05) is 36.4 Å². The van der Waals surface area contributed by atoms with Gasteiger partial charge in [0.2, 0.25) is 5.91 Å². The Morgan fingerprint density at radius 3 is 2.68 bits per heavy atom. The van der Waals surface area contributed by atoms with Gasteiger partial charge >= 0.3 is 0 Å². The maximum atomic E-state index is 11.6. The highest BCUT2D eigenvalue weighted by Gasteiger charge is 2.18. The maximum Gasteiger partial charge on any atom is 0.245 e. The number of hydrogen-bond acceptors (Lipinski definition) is 6. The molecule has 0 spiro atoms. The molecular weight excluding hydrogens is 318 g/mol. The van der Waals surface area contributed by atoms with Crippen LogP contribution in [0.2, 0.25) is 0 Å². The zero-order valence-electron chi connectivity index (χ0n) is 14.3. The van der Waals surface area contributed by atoms with Crippen LogP contribution in [-0.2, 0) is 11.2 Å². The van der Waals surface area contributed by atoms with Crippen LogP contribution in [0.15, 0.2) is 54.4 Å². The van der Waals surface area contributed by atoms with E-state index in [4.69, 9.17) is 16.8 Å². The highest BCUT2D eigenvalue weighted by Crippen LogP contribution is 2.18. The summed E-state index contributed by atoms with van der Waals surface area (Å²) in [6, 6.07) is 13.9. The van der Waals surface area contributed by atoms with Crippen molar-refractivity contribution >= 4 is 16.7 Å². The summed E-state index contributed by atoms with van der Waals surface area (Å²) in [4.78, 5) is 11.6. The van der Waals surface area contributed by atoms with Gasteiger partial charge in [0.25, 0.3) is 0 Å². The molecule has 0 saturated carbocycles. The van der Waals surface area contributed by atoms with Crippen molar-refractivity contribution in [1.82, 2.24) is 15.8 Å². The minimum absolute atomic E-state index is 0.0448. The fourth-order valence-electron chi connectivity index (χ4n) is 2.73. The second-order valence-electron chi connectivity index (χ2n) is 5.96. The lowest BCUT2D eigenvalue weighted by Gasteiger charge is -2.26. The summed E-state index contributed by atoms with van der Waals surface area (Å²) in [5, 5.41) is 15.5. The van der Waals surface area contributed by atoms with Crippen molar-refractivity contribution in [1.29, 1.82) is 0 Å². The van der Waals surface area contributed by atoms with Gasteiger partial charge in [0.1, 0.15) is 0 Å². The number of hydrogen-bond donors (Lipinski definition) is 5. The Balaban J connectivity index is 2.21. The largest absolute Gasteiger partial charge is 0.400 e. The van der Waals surface area contributed by atoms with E-state index >= 15 is 0 Å². The quantitative estimate of drug-likeness (QED) is 0.275. The van der Waals surface area contributed by atoms with Crippen molar-refractivity contribution in [3.63, 3.8) is 0 Å². The number of likely N-dealkylation sites (N-methyl/N-ethyl adjacent to an activating group) is 1. The third kappa shape index (κ3) is 5.46. The topological polar surface area (TPSA) is 117 Å². The first-order chi connectivity index (χ1) is 12.0. The summed E-state index contributed by atoms with van der Waals surface area (Å²) in [6.07, 6.45) is 2.19. The number of nitrogens with one attached hydrogen (secondary N) is 2. The predicted molar refractivity (Wildman–Crippen MR) is 98.2 cm³/mol. The molecule has 1 atom stereocenters. The van der Waals surface area contributed by atoms with E-state index in [2.05, 4.69) is 11.4 Å². The van der Waals surface area contributed by atoms with Gasteiger partial charge in [-0.3, -0.25) is 10.0 Å². The van der Waals surface area contributed by atoms with E-state index in [-0.39, 0.29) is 12.5 Å². The Kier molecular flexibility index (Phi) is 6.76. The summed E-state index contributed by atoms with van der Waals surface area (Å²) in [5.41, 5.74) is 9.14. The van der Waals surface area contributed by atoms with Crippen LogP contribution in [-0.4, -0.2) is 35.8 Å². The van der Waals surface area contributed by atoms with Gasteiger partial charge < -0.3 is 16.1 Å². The Labute approximate surface area is 147 Å². The van der Waals surface area contributed by atoms with Crippen molar-refractivity contribution in [2.75, 3.05) is 13.6 Å². The van der Waals surface area contributed by atoms with Crippen molar-refractivity contribution in [3.8, 4) is 0 Å². The maximum absolute atomic E-state index is 11.6. The zero-order chi connectivity index (χ0) is 18.2. The predicted octanol–water partition coefficient (Wildman–Crippen LogP) is 0.842. The number of amides is 1. The molecule has 7 heteroatoms. The first-order valence-corrected chi connectivity index (χ1v) is 8.08. The fourth-order valence-corrected chi connectivity index (χ4v) is 2.73. The number of hydrazine groups is 1. The van der Waals surface area contributed by atoms with Crippen molar-refractivity contribution in [2.45, 2.75) is 18.9 Å². The van der Waals surface area contributed by atoms with Crippen LogP contribution in [0.4, 0.5) is 0 Å². The average molecular weight is 343 g/mol. The summed E-state index contributed by atoms with van der Waals surface area (Å²) in [7, 11) is 1.79. The molecule has 0 fully saturated rings. The Hall–Kier alpha value is -2.61. The van der Waals surface area contributed by atoms with Gasteiger partial charge in [-0.15, -0.1) is 0 Å². The van der Waals surface area contributed by atoms with Crippen LogP contribution in [0.3, 0.4) is 0 Å². The number of hydroxylamine groups is 1. The van der Waals surface area contributed by atoms with Crippen LogP contribution in [0, 0.1) is 0 Å². The van der Waals surface area contributed by atoms with E-state index in [9.17, 15) is 4.79 Å². The molecule has 0 aliphatic carbocycles. The number of fused-ring (bicyclic) bond motifs is 1. The molecule has 0 aliphatic rings. The normalized spacial score (nSPS) is 12.8. The van der Waals surface area contributed by atoms with Gasteiger partial charge in [0, 0.05) is 18.4 Å². The first kappa shape index (κ1) is 18.7. The van der Waals surface area contributed by atoms with Gasteiger partial charge in [-0.2, -0.15) is 0 Å². The molecule has 2 aromatic rings. The second-order valence-corrected chi connectivity index (χ2v) is 5.96. The molecule has 7 nitrogen and oxygen atoms in total. The van der Waals surface area contributed by atoms with Crippen molar-refractivity contribution in [3.05, 3.63) is 59.9 Å². The number of carbonyl (C=O) groups is 1. The SMILES string of the molecule is CNC/C(N)=C/N(N)C(CC(=O)NO)Cc1ccc2ccccc2c1. The Morgan fingerprint density at radius 2 is 2.00 bits per heavy atom. The Morgan fingerprint density at radius 1 is 1.28 bits per heavy atom. The molecule has 25 heavy (non-hydrogen) atoms. The lowest BCUT2D eigenvalue weighted by Crippen LogP contribution is -2.42. The van der Waals surface area contributed by atoms with E-state index < -0.39 is 5.91 Å². The van der Waals surface area contributed by atoms with E-state index in [0.717, 1.165) is 16.3 Å². The minimum atomic E-state index is -0.498. The van der Waals surface area contributed by atoms with Gasteiger partial charge in [-0.05, 0) is 29.8 Å². The molecule has 2 rings (SSSR count). The van der Waals surface area contributed by atoms with Crippen LogP contribution in [0.1, 0.15) is 12.0 Å². The Bertz CT molecular complexity index is 747. The average Bonchev–Trinajstić information content (AvgIpc) is 2.61. The third-order valence-corrected chi connectivity index (χ3v) is 3.95. The highest BCUT2D eigenvalue weighted by molar-refractivity contribution is 5.83. The van der Waals surface area contributed by atoms with Crippen LogP contribution in [0.5, 0.6) is 0 Å². The van der Waals surface area contributed by atoms with Gasteiger partial charge in [0.05, 0.1) is 12.5 Å². The van der Waals surface area contributed by atoms with Crippen LogP contribution >= 0.6 is 0 Å². The molecule has 134 valence electrons. The van der Waals surface area contributed by atoms with Crippen LogP contribution in [0.25, 0.3) is 10.8 Å². The number of nitrogens with two attached hydrogens (primary N) is 2. The molecule has 0 aliphatic heterocycles. The molecule has 0 bridgehead atoms. The molecule has 1 amide bonds. The monoisotopic (exact) mass is 343 g/mol. The van der Waals surface area contributed by atoms with Gasteiger partial charge in [-0.25, -0.2) is 11.3 Å². The fraction of sp³-hybridized carbons (Fsp3) is 0.278. The lowest BCUT2D eigenvalue weighted by atomic mass is 9.99. The highest BCUT2D eigenvalue weighted by atomic mass is 16.5. The molecule has 2 aromatic carbocycles. The molecule has 1 unspecified atom stereocenters. The van der Waals surface area contributed by atoms with E-state index in [1.54, 1.807) is 18.7 Å². The van der Waals surface area contributed by atoms with E-state index in [0.29, 0.717) is 18.7 Å². The molecule has 0 saturated heterocycles. The summed E-state index contributed by atoms with van der Waals surface area (Å²) < 4.78 is 0. The summed E-state index contributed by atoms with van der Waals surface area (Å²) >= 11 is 0. The summed E-state index contributed by atoms with van der Waals surface area (Å²) in [6.45, 7) is 0.489. The number of carbonyl (C=O) groups excluding carboxylic acids is 1. The molecule has 7 N–H and O–H groups in total. The van der Waals surface area contributed by atoms with Crippen molar-refractivity contribution < 1.29 is 10.0 Å². The standard InChI is InChI=1S/C18H25N5O2/c1-21-11-16(19)12-23(20)17(10-18(24)22-25)9-13-6-7-14-4-2-3-5-15(14)8-13/h2-8,12,17,21,25H,9-11,19-20H2,1H3,(H,22,24)/b16-12-. The minimum Gasteiger partial charge on any atom is -0.400 e. The van der Waals surface area contributed by atoms with Gasteiger partial charge in [0.15, 0.2) is 0 Å². The van der Waals surface area contributed by atoms with Crippen LogP contribution < -0.4 is 22.4 Å². The number of benzene rings is 2. The first-order valence-electron chi connectivity index (χ1n) is 8.08. The van der Waals surface area contributed by atoms with Crippen molar-refractivity contribution in [2.24, 2.45) is 11.6 Å². The molecule has 0 aromatic heterocycles. The third-order valence-electron chi connectivity index (χ3n) is 3.95. The number of nitrogens with zero attached hydrogens (tertiary/aromatic N) is 1. The smallest absolute Gasteiger partial charge is 0.245 e. The van der Waals surface area contributed by atoms with Gasteiger partial charge in [-0.1, -0.05) is 42.5 Å². The lowest BCUT2D eigenvalue weighted by molar-refractivity contribution is -0.130. The zero-order valence-corrected chi connectivity index (χ0v) is 14.3. The summed E-state index contributed by atoms with van der Waals surface area (Å²) in [5.74, 6) is 5.60. The second kappa shape index (κ2) is 9.03. The molecule has 0 radical (unpaired) electrons. The molecular formula is C18H25N5O2. The van der Waals surface area contributed by atoms with E-state index in [1.165, 1.54) is 5.01 Å². The molecule has 0 heterocycles. The number of rotatable bonds is 8.